The molecule has 1 atom stereocenters. The molecule has 0 bridgehead atoms. The van der Waals surface area contributed by atoms with Gasteiger partial charge in [-0.15, -0.1) is 0 Å². The fraction of sp³-hybridized carbons (Fsp3) is 0.444. The van der Waals surface area contributed by atoms with Crippen LogP contribution in [0.5, 0.6) is 11.5 Å². The van der Waals surface area contributed by atoms with E-state index in [1.807, 2.05) is 43.1 Å². The van der Waals surface area contributed by atoms with Crippen molar-refractivity contribution in [3.8, 4) is 11.5 Å². The number of morpholine rings is 1. The van der Waals surface area contributed by atoms with Gasteiger partial charge in [-0.2, -0.15) is 0 Å². The lowest BCUT2D eigenvalue weighted by Gasteiger charge is -2.26. The summed E-state index contributed by atoms with van der Waals surface area (Å²) in [5.74, 6) is 3.10. The van der Waals surface area contributed by atoms with Crippen LogP contribution in [0.4, 0.5) is 11.5 Å². The van der Waals surface area contributed by atoms with Gasteiger partial charge in [-0.05, 0) is 19.1 Å². The second-order valence-corrected chi connectivity index (χ2v) is 6.15. The number of anilines is 2. The van der Waals surface area contributed by atoms with Crippen molar-refractivity contribution < 1.29 is 14.2 Å². The molecule has 0 spiro atoms. The standard InChI is InChI=1S/C18H22N4O3/c1-12-20-14(17-11-19-5-6-23-17)10-18(21-12)22(2)13-3-4-15-16(9-13)25-8-7-24-15/h3-4,9-10,17,19H,5-8,11H2,1-2H3. The molecular formula is C18H22N4O3. The summed E-state index contributed by atoms with van der Waals surface area (Å²) in [6.45, 7) is 5.41. The van der Waals surface area contributed by atoms with Crippen LogP contribution in [0, 0.1) is 6.92 Å². The summed E-state index contributed by atoms with van der Waals surface area (Å²) in [7, 11) is 1.98. The topological polar surface area (TPSA) is 68.7 Å². The number of aryl methyl sites for hydroxylation is 1. The van der Waals surface area contributed by atoms with E-state index in [9.17, 15) is 0 Å². The Hall–Kier alpha value is -2.38. The molecule has 1 saturated heterocycles. The third-order valence-electron chi connectivity index (χ3n) is 4.36. The molecule has 1 aromatic carbocycles. The molecule has 2 aromatic rings. The lowest BCUT2D eigenvalue weighted by atomic mass is 10.2. The van der Waals surface area contributed by atoms with Crippen molar-refractivity contribution in [3.05, 3.63) is 35.8 Å². The van der Waals surface area contributed by atoms with Crippen LogP contribution in [-0.2, 0) is 4.74 Å². The first-order valence-corrected chi connectivity index (χ1v) is 8.52. The number of nitrogens with zero attached hydrogens (tertiary/aromatic N) is 3. The van der Waals surface area contributed by atoms with Crippen molar-refractivity contribution in [1.82, 2.24) is 15.3 Å². The Kier molecular flexibility index (Phi) is 4.42. The lowest BCUT2D eigenvalue weighted by Crippen LogP contribution is -2.34. The number of rotatable bonds is 3. The molecule has 1 unspecified atom stereocenters. The first-order chi connectivity index (χ1) is 12.2. The van der Waals surface area contributed by atoms with E-state index in [-0.39, 0.29) is 6.10 Å². The van der Waals surface area contributed by atoms with Gasteiger partial charge < -0.3 is 24.4 Å². The van der Waals surface area contributed by atoms with Gasteiger partial charge in [0.25, 0.3) is 0 Å². The van der Waals surface area contributed by atoms with Gasteiger partial charge >= 0.3 is 0 Å². The van der Waals surface area contributed by atoms with Crippen LogP contribution in [0.2, 0.25) is 0 Å². The molecule has 7 nitrogen and oxygen atoms in total. The molecule has 0 saturated carbocycles. The summed E-state index contributed by atoms with van der Waals surface area (Å²) in [6.07, 6.45) is -0.0390. The van der Waals surface area contributed by atoms with Crippen molar-refractivity contribution >= 4 is 11.5 Å². The van der Waals surface area contributed by atoms with E-state index < -0.39 is 0 Å². The van der Waals surface area contributed by atoms with Crippen molar-refractivity contribution in [2.45, 2.75) is 13.0 Å². The normalized spacial score (nSPS) is 19.5. The highest BCUT2D eigenvalue weighted by atomic mass is 16.6. The van der Waals surface area contributed by atoms with Crippen molar-refractivity contribution in [2.75, 3.05) is 44.9 Å². The molecule has 0 aliphatic carbocycles. The molecule has 1 fully saturated rings. The smallest absolute Gasteiger partial charge is 0.163 e. The van der Waals surface area contributed by atoms with Crippen LogP contribution in [0.15, 0.2) is 24.3 Å². The Labute approximate surface area is 146 Å². The van der Waals surface area contributed by atoms with E-state index in [2.05, 4.69) is 15.3 Å². The van der Waals surface area contributed by atoms with Crippen LogP contribution in [0.1, 0.15) is 17.6 Å². The highest BCUT2D eigenvalue weighted by Gasteiger charge is 2.20. The van der Waals surface area contributed by atoms with Crippen LogP contribution in [0.3, 0.4) is 0 Å². The number of hydrogen-bond acceptors (Lipinski definition) is 7. The monoisotopic (exact) mass is 342 g/mol. The van der Waals surface area contributed by atoms with Crippen LogP contribution in [0.25, 0.3) is 0 Å². The summed E-state index contributed by atoms with van der Waals surface area (Å²) < 4.78 is 17.1. The molecule has 2 aliphatic heterocycles. The number of fused-ring (bicyclic) bond motifs is 1. The summed E-state index contributed by atoms with van der Waals surface area (Å²) in [5, 5.41) is 3.34. The SMILES string of the molecule is Cc1nc(C2CNCCO2)cc(N(C)c2ccc3c(c2)OCCO3)n1. The van der Waals surface area contributed by atoms with E-state index in [1.54, 1.807) is 0 Å². The Morgan fingerprint density at radius 3 is 2.72 bits per heavy atom. The first kappa shape index (κ1) is 16.1. The highest BCUT2D eigenvalue weighted by Crippen LogP contribution is 2.35. The quantitative estimate of drug-likeness (QED) is 0.915. The Morgan fingerprint density at radius 2 is 1.92 bits per heavy atom. The van der Waals surface area contributed by atoms with E-state index >= 15 is 0 Å². The molecule has 3 heterocycles. The minimum atomic E-state index is -0.0390. The fourth-order valence-corrected chi connectivity index (χ4v) is 3.04. The summed E-state index contributed by atoms with van der Waals surface area (Å²) >= 11 is 0. The maximum Gasteiger partial charge on any atom is 0.163 e. The van der Waals surface area contributed by atoms with Gasteiger partial charge in [0.15, 0.2) is 11.5 Å². The number of benzene rings is 1. The molecule has 1 aromatic heterocycles. The van der Waals surface area contributed by atoms with Crippen LogP contribution in [-0.4, -0.2) is 49.9 Å². The second kappa shape index (κ2) is 6.85. The van der Waals surface area contributed by atoms with Crippen molar-refractivity contribution in [2.24, 2.45) is 0 Å². The maximum absolute atomic E-state index is 5.83. The van der Waals surface area contributed by atoms with E-state index in [4.69, 9.17) is 14.2 Å². The fourth-order valence-electron chi connectivity index (χ4n) is 3.04. The summed E-state index contributed by atoms with van der Waals surface area (Å²) in [4.78, 5) is 11.2. The lowest BCUT2D eigenvalue weighted by molar-refractivity contribution is 0.0249. The Balaban J connectivity index is 1.63. The summed E-state index contributed by atoms with van der Waals surface area (Å²) in [5.41, 5.74) is 1.88. The number of ether oxygens (including phenoxy) is 3. The highest BCUT2D eigenvalue weighted by molar-refractivity contribution is 5.64. The zero-order valence-corrected chi connectivity index (χ0v) is 14.5. The van der Waals surface area contributed by atoms with Crippen molar-refractivity contribution in [3.63, 3.8) is 0 Å². The minimum absolute atomic E-state index is 0.0390. The summed E-state index contributed by atoms with van der Waals surface area (Å²) in [6, 6.07) is 7.90. The maximum atomic E-state index is 5.83. The van der Waals surface area contributed by atoms with E-state index in [0.717, 1.165) is 47.6 Å². The van der Waals surface area contributed by atoms with Gasteiger partial charge in [0.1, 0.15) is 31.0 Å². The Morgan fingerprint density at radius 1 is 1.08 bits per heavy atom. The molecule has 4 rings (SSSR count). The average Bonchev–Trinajstić information content (AvgIpc) is 2.67. The molecular weight excluding hydrogens is 320 g/mol. The number of hydrogen-bond donors (Lipinski definition) is 1. The van der Waals surface area contributed by atoms with E-state index in [1.165, 1.54) is 0 Å². The zero-order valence-electron chi connectivity index (χ0n) is 14.5. The van der Waals surface area contributed by atoms with Crippen LogP contribution >= 0.6 is 0 Å². The molecule has 25 heavy (non-hydrogen) atoms. The van der Waals surface area contributed by atoms with Gasteiger partial charge in [0.2, 0.25) is 0 Å². The number of nitrogens with one attached hydrogen (secondary N) is 1. The molecule has 132 valence electrons. The Bertz CT molecular complexity index is 762. The zero-order chi connectivity index (χ0) is 17.2. The third kappa shape index (κ3) is 3.38. The van der Waals surface area contributed by atoms with Crippen LogP contribution < -0.4 is 19.7 Å². The predicted molar refractivity (Wildman–Crippen MR) is 93.8 cm³/mol. The van der Waals surface area contributed by atoms with Gasteiger partial charge in [-0.25, -0.2) is 9.97 Å². The molecule has 0 radical (unpaired) electrons. The molecule has 1 N–H and O–H groups in total. The van der Waals surface area contributed by atoms with Gasteiger partial charge in [0.05, 0.1) is 12.3 Å². The molecule has 2 aliphatic rings. The van der Waals surface area contributed by atoms with E-state index in [0.29, 0.717) is 19.8 Å². The second-order valence-electron chi connectivity index (χ2n) is 6.15. The molecule has 0 amide bonds. The average molecular weight is 342 g/mol. The minimum Gasteiger partial charge on any atom is -0.486 e. The van der Waals surface area contributed by atoms with Gasteiger partial charge in [0, 0.05) is 38.0 Å². The third-order valence-corrected chi connectivity index (χ3v) is 4.36. The first-order valence-electron chi connectivity index (χ1n) is 8.52. The largest absolute Gasteiger partial charge is 0.486 e. The predicted octanol–water partition coefficient (Wildman–Crippen LogP) is 1.99. The molecule has 7 heteroatoms. The van der Waals surface area contributed by atoms with Crippen molar-refractivity contribution in [1.29, 1.82) is 0 Å². The van der Waals surface area contributed by atoms with Gasteiger partial charge in [-0.1, -0.05) is 0 Å². The van der Waals surface area contributed by atoms with Gasteiger partial charge in [-0.3, -0.25) is 0 Å². The number of aromatic nitrogens is 2.